The van der Waals surface area contributed by atoms with Crippen LogP contribution in [0.15, 0.2) is 51.3 Å². The summed E-state index contributed by atoms with van der Waals surface area (Å²) < 4.78 is 28.9. The molecule has 0 fully saturated rings. The van der Waals surface area contributed by atoms with E-state index in [1.807, 2.05) is 13.8 Å². The van der Waals surface area contributed by atoms with Gasteiger partial charge in [-0.2, -0.15) is 12.8 Å². The van der Waals surface area contributed by atoms with Crippen LogP contribution < -0.4 is 0 Å². The Labute approximate surface area is 146 Å². The van der Waals surface area contributed by atoms with E-state index in [1.165, 1.54) is 25.1 Å². The first kappa shape index (κ1) is 18.2. The number of nitrogens with zero attached hydrogens (tertiary/aromatic N) is 1. The van der Waals surface area contributed by atoms with E-state index in [1.54, 1.807) is 18.2 Å². The van der Waals surface area contributed by atoms with Crippen LogP contribution in [0.4, 0.5) is 0 Å². The second-order valence-electron chi connectivity index (χ2n) is 5.82. The summed E-state index contributed by atoms with van der Waals surface area (Å²) in [6, 6.07) is 7.84. The van der Waals surface area contributed by atoms with E-state index < -0.39 is 20.3 Å². The summed E-state index contributed by atoms with van der Waals surface area (Å²) in [6.45, 7) is 5.14. The van der Waals surface area contributed by atoms with Gasteiger partial charge >= 0.3 is 0 Å². The maximum absolute atomic E-state index is 12.5. The van der Waals surface area contributed by atoms with Crippen LogP contribution >= 0.6 is 23.2 Å². The molecule has 0 saturated heterocycles. The fourth-order valence-electron chi connectivity index (χ4n) is 2.22. The highest BCUT2D eigenvalue weighted by Crippen LogP contribution is 2.36. The fraction of sp³-hybridized carbons (Fsp3) is 0.375. The van der Waals surface area contributed by atoms with Gasteiger partial charge in [-0.3, -0.25) is 4.79 Å². The highest BCUT2D eigenvalue weighted by molar-refractivity contribution is 7.90. The zero-order valence-electron chi connectivity index (χ0n) is 13.0. The van der Waals surface area contributed by atoms with Crippen LogP contribution in [0.25, 0.3) is 0 Å². The Bertz CT molecular complexity index is 781. The van der Waals surface area contributed by atoms with Crippen LogP contribution in [-0.2, 0) is 14.8 Å². The number of hydrogen-bond donors (Lipinski definition) is 0. The highest BCUT2D eigenvalue weighted by atomic mass is 35.5. The maximum Gasteiger partial charge on any atom is 0.282 e. The maximum atomic E-state index is 12.5. The van der Waals surface area contributed by atoms with E-state index in [0.717, 1.165) is 0 Å². The minimum absolute atomic E-state index is 0.0626. The lowest BCUT2D eigenvalue weighted by molar-refractivity contribution is -0.116. The third-order valence-corrected chi connectivity index (χ3v) is 6.13. The molecular formula is C16H17Cl2NO3S. The van der Waals surface area contributed by atoms with Gasteiger partial charge in [0.15, 0.2) is 5.78 Å². The van der Waals surface area contributed by atoms with Crippen molar-refractivity contribution >= 4 is 44.7 Å². The van der Waals surface area contributed by atoms with E-state index in [9.17, 15) is 13.2 Å². The number of ketones is 1. The molecule has 1 aromatic rings. The summed E-state index contributed by atoms with van der Waals surface area (Å²) >= 11 is 12.5. The number of hydrogen-bond acceptors (Lipinski definition) is 3. The van der Waals surface area contributed by atoms with Gasteiger partial charge < -0.3 is 0 Å². The van der Waals surface area contributed by atoms with Crippen molar-refractivity contribution in [3.05, 3.63) is 42.0 Å². The van der Waals surface area contributed by atoms with Gasteiger partial charge in [-0.05, 0) is 36.6 Å². The van der Waals surface area contributed by atoms with E-state index in [4.69, 9.17) is 23.2 Å². The molecular weight excluding hydrogens is 357 g/mol. The third-order valence-electron chi connectivity index (χ3n) is 3.66. The molecule has 0 aromatic heterocycles. The molecule has 23 heavy (non-hydrogen) atoms. The quantitative estimate of drug-likeness (QED) is 0.760. The van der Waals surface area contributed by atoms with Gasteiger partial charge in [0.1, 0.15) is 10.3 Å². The van der Waals surface area contributed by atoms with Gasteiger partial charge in [-0.15, -0.1) is 23.2 Å². The molecule has 2 atom stereocenters. The van der Waals surface area contributed by atoms with Gasteiger partial charge in [0.2, 0.25) is 0 Å². The predicted molar refractivity (Wildman–Crippen MR) is 92.9 cm³/mol. The summed E-state index contributed by atoms with van der Waals surface area (Å²) in [6.07, 6.45) is 1.34. The third kappa shape index (κ3) is 3.52. The molecule has 0 radical (unpaired) electrons. The minimum atomic E-state index is -3.93. The average molecular weight is 374 g/mol. The Hall–Kier alpha value is -1.17. The second-order valence-corrected chi connectivity index (χ2v) is 8.65. The Morgan fingerprint density at radius 2 is 1.78 bits per heavy atom. The molecule has 7 heteroatoms. The second kappa shape index (κ2) is 6.38. The minimum Gasteiger partial charge on any atom is -0.293 e. The first-order valence-corrected chi connectivity index (χ1v) is 9.32. The molecule has 1 aromatic carbocycles. The zero-order chi connectivity index (χ0) is 17.4. The number of benzene rings is 1. The summed E-state index contributed by atoms with van der Waals surface area (Å²) in [7, 11) is -3.93. The number of alkyl halides is 2. The lowest BCUT2D eigenvalue weighted by atomic mass is 9.82. The number of carbonyl (C=O) groups excluding carboxylic acids is 1. The Morgan fingerprint density at radius 1 is 1.22 bits per heavy atom. The predicted octanol–water partition coefficient (Wildman–Crippen LogP) is 3.59. The molecule has 0 amide bonds. The van der Waals surface area contributed by atoms with Crippen LogP contribution in [-0.4, -0.2) is 30.2 Å². The standard InChI is InChI=1S/C16H17Cl2NO3S/c1-10(2)12-9-13(20)16(3,18)15(17)14(12)19-23(21,22)11-7-5-4-6-8-11/h4-10,15H,1-3H3/b19-14-. The first-order valence-electron chi connectivity index (χ1n) is 7.06. The van der Waals surface area contributed by atoms with Crippen LogP contribution in [0.3, 0.4) is 0 Å². The lowest BCUT2D eigenvalue weighted by Crippen LogP contribution is -2.47. The highest BCUT2D eigenvalue weighted by Gasteiger charge is 2.46. The molecule has 1 aliphatic carbocycles. The molecule has 2 unspecified atom stereocenters. The van der Waals surface area contributed by atoms with Gasteiger partial charge in [0.25, 0.3) is 10.0 Å². The lowest BCUT2D eigenvalue weighted by Gasteiger charge is -2.32. The van der Waals surface area contributed by atoms with Gasteiger partial charge in [-0.25, -0.2) is 0 Å². The molecule has 0 bridgehead atoms. The van der Waals surface area contributed by atoms with E-state index in [2.05, 4.69) is 4.40 Å². The van der Waals surface area contributed by atoms with Crippen molar-refractivity contribution < 1.29 is 13.2 Å². The largest absolute Gasteiger partial charge is 0.293 e. The summed E-state index contributed by atoms with van der Waals surface area (Å²) in [5.74, 6) is -0.461. The number of halogens is 2. The van der Waals surface area contributed by atoms with Crippen molar-refractivity contribution in [2.75, 3.05) is 0 Å². The molecule has 2 rings (SSSR count). The molecule has 124 valence electrons. The summed E-state index contributed by atoms with van der Waals surface area (Å²) in [5.41, 5.74) is 0.621. The monoisotopic (exact) mass is 373 g/mol. The molecule has 0 spiro atoms. The fourth-order valence-corrected chi connectivity index (χ4v) is 3.79. The molecule has 0 saturated carbocycles. The Kier molecular flexibility index (Phi) is 5.04. The molecule has 0 heterocycles. The van der Waals surface area contributed by atoms with Crippen molar-refractivity contribution in [1.29, 1.82) is 0 Å². The van der Waals surface area contributed by atoms with Crippen LogP contribution in [0, 0.1) is 5.92 Å². The topological polar surface area (TPSA) is 63.6 Å². The van der Waals surface area contributed by atoms with Gasteiger partial charge in [-0.1, -0.05) is 32.0 Å². The Balaban J connectivity index is 2.63. The molecule has 4 nitrogen and oxygen atoms in total. The van der Waals surface area contributed by atoms with Gasteiger partial charge in [0, 0.05) is 0 Å². The van der Waals surface area contributed by atoms with E-state index >= 15 is 0 Å². The number of rotatable bonds is 3. The normalized spacial score (nSPS) is 27.4. The number of carbonyl (C=O) groups is 1. The smallest absolute Gasteiger partial charge is 0.282 e. The summed E-state index contributed by atoms with van der Waals surface area (Å²) in [4.78, 5) is 10.8. The van der Waals surface area contributed by atoms with Crippen LogP contribution in [0.2, 0.25) is 0 Å². The van der Waals surface area contributed by atoms with Crippen molar-refractivity contribution in [1.82, 2.24) is 0 Å². The molecule has 0 aliphatic heterocycles. The van der Waals surface area contributed by atoms with Crippen molar-refractivity contribution in [3.8, 4) is 0 Å². The van der Waals surface area contributed by atoms with Crippen LogP contribution in [0.1, 0.15) is 20.8 Å². The number of sulfonamides is 1. The molecule has 1 aliphatic rings. The average Bonchev–Trinajstić information content (AvgIpc) is 2.49. The Morgan fingerprint density at radius 3 is 2.30 bits per heavy atom. The van der Waals surface area contributed by atoms with E-state index in [0.29, 0.717) is 5.57 Å². The SMILES string of the molecule is CC(C)C1=CC(=O)C(C)(Cl)C(Cl)/C1=N\S(=O)(=O)c1ccccc1. The van der Waals surface area contributed by atoms with Gasteiger partial charge in [0.05, 0.1) is 10.6 Å². The van der Waals surface area contributed by atoms with Crippen LogP contribution in [0.5, 0.6) is 0 Å². The van der Waals surface area contributed by atoms with Crippen molar-refractivity contribution in [2.45, 2.75) is 35.9 Å². The van der Waals surface area contributed by atoms with Crippen molar-refractivity contribution in [2.24, 2.45) is 10.3 Å². The first-order chi connectivity index (χ1) is 10.6. The zero-order valence-corrected chi connectivity index (χ0v) is 15.3. The summed E-state index contributed by atoms with van der Waals surface area (Å²) in [5, 5.41) is -1.03. The van der Waals surface area contributed by atoms with E-state index in [-0.39, 0.29) is 22.3 Å². The number of allylic oxidation sites excluding steroid dienone is 2. The molecule has 0 N–H and O–H groups in total. The van der Waals surface area contributed by atoms with Crippen molar-refractivity contribution in [3.63, 3.8) is 0 Å².